The van der Waals surface area contributed by atoms with Crippen LogP contribution in [-0.2, 0) is 0 Å². The number of hydrogen-bond acceptors (Lipinski definition) is 3. The summed E-state index contributed by atoms with van der Waals surface area (Å²) in [5.74, 6) is -0.177. The van der Waals surface area contributed by atoms with Crippen molar-refractivity contribution in [3.63, 3.8) is 0 Å². The first-order chi connectivity index (χ1) is 12.0. The Morgan fingerprint density at radius 1 is 1.24 bits per heavy atom. The predicted octanol–water partition coefficient (Wildman–Crippen LogP) is 4.86. The molecule has 25 heavy (non-hydrogen) atoms. The zero-order valence-electron chi connectivity index (χ0n) is 14.7. The lowest BCUT2D eigenvalue weighted by molar-refractivity contribution is 0.102. The molecular weight excluding hydrogens is 334 g/mol. The molecule has 0 aliphatic carbocycles. The minimum atomic E-state index is -0.177. The van der Waals surface area contributed by atoms with Gasteiger partial charge in [0.1, 0.15) is 0 Å². The van der Waals surface area contributed by atoms with Crippen LogP contribution in [0.15, 0.2) is 36.4 Å². The van der Waals surface area contributed by atoms with Gasteiger partial charge in [-0.25, -0.2) is 0 Å². The maximum Gasteiger partial charge on any atom is 0.255 e. The number of nitrogens with one attached hydrogen (secondary N) is 1. The Kier molecular flexibility index (Phi) is 5.19. The van der Waals surface area contributed by atoms with Gasteiger partial charge in [-0.15, -0.1) is 0 Å². The number of amides is 1. The van der Waals surface area contributed by atoms with E-state index in [9.17, 15) is 4.79 Å². The number of rotatable bonds is 3. The topological polar surface area (TPSA) is 58.4 Å². The summed E-state index contributed by atoms with van der Waals surface area (Å²) in [5, 5.41) is 3.36. The third-order valence-electron chi connectivity index (χ3n) is 4.79. The highest BCUT2D eigenvalue weighted by molar-refractivity contribution is 6.34. The second-order valence-corrected chi connectivity index (χ2v) is 7.16. The van der Waals surface area contributed by atoms with Crippen LogP contribution < -0.4 is 16.0 Å². The molecule has 0 aromatic heterocycles. The van der Waals surface area contributed by atoms with Gasteiger partial charge in [-0.3, -0.25) is 4.79 Å². The standard InChI is InChI=1S/C20H24ClN3O/c1-13-6-8-15(9-7-13)20(25)23-18-12-19(17(22)11-16(18)21)24-10-4-3-5-14(24)2/h6-9,11-12,14H,3-5,10,22H2,1-2H3,(H,23,25). The van der Waals surface area contributed by atoms with Gasteiger partial charge in [0.15, 0.2) is 0 Å². The average molecular weight is 358 g/mol. The molecule has 1 heterocycles. The van der Waals surface area contributed by atoms with Gasteiger partial charge in [0, 0.05) is 18.2 Å². The van der Waals surface area contributed by atoms with Crippen LogP contribution in [0.1, 0.15) is 42.1 Å². The van der Waals surface area contributed by atoms with Gasteiger partial charge >= 0.3 is 0 Å². The highest BCUT2D eigenvalue weighted by Gasteiger charge is 2.22. The van der Waals surface area contributed by atoms with Crippen molar-refractivity contribution in [3.05, 3.63) is 52.5 Å². The molecule has 1 saturated heterocycles. The van der Waals surface area contributed by atoms with E-state index in [1.54, 1.807) is 6.07 Å². The van der Waals surface area contributed by atoms with Crippen molar-refractivity contribution in [2.24, 2.45) is 0 Å². The van der Waals surface area contributed by atoms with Gasteiger partial charge in [0.25, 0.3) is 5.91 Å². The van der Waals surface area contributed by atoms with E-state index in [2.05, 4.69) is 17.1 Å². The van der Waals surface area contributed by atoms with Crippen LogP contribution in [0.3, 0.4) is 0 Å². The van der Waals surface area contributed by atoms with Gasteiger partial charge < -0.3 is 16.0 Å². The number of carbonyl (C=O) groups excluding carboxylic acids is 1. The summed E-state index contributed by atoms with van der Waals surface area (Å²) >= 11 is 6.32. The van der Waals surface area contributed by atoms with Crippen molar-refractivity contribution in [2.45, 2.75) is 39.2 Å². The van der Waals surface area contributed by atoms with E-state index in [1.165, 1.54) is 6.42 Å². The number of piperidine rings is 1. The van der Waals surface area contributed by atoms with Crippen LogP contribution in [0, 0.1) is 6.92 Å². The third-order valence-corrected chi connectivity index (χ3v) is 5.10. The first-order valence-electron chi connectivity index (χ1n) is 8.69. The summed E-state index contributed by atoms with van der Waals surface area (Å²) in [6.07, 6.45) is 3.53. The maximum absolute atomic E-state index is 12.5. The molecule has 1 aliphatic heterocycles. The van der Waals surface area contributed by atoms with Crippen LogP contribution in [0.4, 0.5) is 17.1 Å². The molecule has 1 unspecified atom stereocenters. The summed E-state index contributed by atoms with van der Waals surface area (Å²) < 4.78 is 0. The van der Waals surface area contributed by atoms with Gasteiger partial charge in [0.05, 0.1) is 22.1 Å². The number of aryl methyl sites for hydroxylation is 1. The second kappa shape index (κ2) is 7.36. The Morgan fingerprint density at radius 3 is 2.64 bits per heavy atom. The second-order valence-electron chi connectivity index (χ2n) is 6.75. The summed E-state index contributed by atoms with van der Waals surface area (Å²) in [6, 6.07) is 11.5. The molecule has 3 rings (SSSR count). The van der Waals surface area contributed by atoms with E-state index < -0.39 is 0 Å². The molecule has 2 aromatic rings. The van der Waals surface area contributed by atoms with E-state index in [1.807, 2.05) is 37.3 Å². The van der Waals surface area contributed by atoms with Gasteiger partial charge in [0.2, 0.25) is 0 Å². The van der Waals surface area contributed by atoms with E-state index in [-0.39, 0.29) is 5.91 Å². The molecule has 1 fully saturated rings. The van der Waals surface area contributed by atoms with Crippen molar-refractivity contribution in [3.8, 4) is 0 Å². The van der Waals surface area contributed by atoms with Gasteiger partial charge in [-0.05, 0) is 57.4 Å². The molecule has 0 bridgehead atoms. The molecule has 1 aliphatic rings. The smallest absolute Gasteiger partial charge is 0.255 e. The minimum absolute atomic E-state index is 0.177. The molecular formula is C20H24ClN3O. The summed E-state index contributed by atoms with van der Waals surface area (Å²) in [6.45, 7) is 5.17. The van der Waals surface area contributed by atoms with E-state index in [4.69, 9.17) is 17.3 Å². The van der Waals surface area contributed by atoms with Crippen molar-refractivity contribution in [1.29, 1.82) is 0 Å². The largest absolute Gasteiger partial charge is 0.397 e. The number of nitrogens with two attached hydrogens (primary N) is 1. The molecule has 0 radical (unpaired) electrons. The molecule has 1 amide bonds. The lowest BCUT2D eigenvalue weighted by Gasteiger charge is -2.36. The predicted molar refractivity (Wildman–Crippen MR) is 106 cm³/mol. The lowest BCUT2D eigenvalue weighted by atomic mass is 10.0. The number of halogens is 1. The maximum atomic E-state index is 12.5. The summed E-state index contributed by atoms with van der Waals surface area (Å²) in [7, 11) is 0. The lowest BCUT2D eigenvalue weighted by Crippen LogP contribution is -2.37. The summed E-state index contributed by atoms with van der Waals surface area (Å²) in [5.41, 5.74) is 10.1. The van der Waals surface area contributed by atoms with E-state index in [0.717, 1.165) is 30.6 Å². The number of nitrogens with zero attached hydrogens (tertiary/aromatic N) is 1. The molecule has 0 spiro atoms. The number of anilines is 3. The number of hydrogen-bond donors (Lipinski definition) is 2. The summed E-state index contributed by atoms with van der Waals surface area (Å²) in [4.78, 5) is 14.8. The Bertz CT molecular complexity index is 773. The van der Waals surface area contributed by atoms with Crippen LogP contribution in [-0.4, -0.2) is 18.5 Å². The molecule has 0 saturated carbocycles. The molecule has 2 aromatic carbocycles. The normalized spacial score (nSPS) is 17.4. The van der Waals surface area contributed by atoms with Gasteiger partial charge in [-0.2, -0.15) is 0 Å². The third kappa shape index (κ3) is 3.90. The van der Waals surface area contributed by atoms with Crippen molar-refractivity contribution < 1.29 is 4.79 Å². The molecule has 132 valence electrons. The SMILES string of the molecule is Cc1ccc(C(=O)Nc2cc(N3CCCCC3C)c(N)cc2Cl)cc1. The molecule has 1 atom stereocenters. The zero-order valence-corrected chi connectivity index (χ0v) is 15.4. The van der Waals surface area contributed by atoms with Gasteiger partial charge in [-0.1, -0.05) is 29.3 Å². The highest BCUT2D eigenvalue weighted by atomic mass is 35.5. The number of benzene rings is 2. The fourth-order valence-electron chi connectivity index (χ4n) is 3.28. The Labute approximate surface area is 154 Å². The Balaban J connectivity index is 1.87. The Hall–Kier alpha value is -2.20. The van der Waals surface area contributed by atoms with Crippen molar-refractivity contribution in [2.75, 3.05) is 22.5 Å². The first-order valence-corrected chi connectivity index (χ1v) is 9.07. The van der Waals surface area contributed by atoms with E-state index in [0.29, 0.717) is 28.0 Å². The minimum Gasteiger partial charge on any atom is -0.397 e. The highest BCUT2D eigenvalue weighted by Crippen LogP contribution is 2.36. The van der Waals surface area contributed by atoms with Crippen molar-refractivity contribution in [1.82, 2.24) is 0 Å². The molecule has 3 N–H and O–H groups in total. The number of nitrogen functional groups attached to an aromatic ring is 1. The van der Waals surface area contributed by atoms with Crippen LogP contribution >= 0.6 is 11.6 Å². The van der Waals surface area contributed by atoms with Crippen LogP contribution in [0.25, 0.3) is 0 Å². The monoisotopic (exact) mass is 357 g/mol. The first kappa shape index (κ1) is 17.6. The van der Waals surface area contributed by atoms with Crippen LogP contribution in [0.5, 0.6) is 0 Å². The average Bonchev–Trinajstić information content (AvgIpc) is 2.58. The number of carbonyl (C=O) groups is 1. The fraction of sp³-hybridized carbons (Fsp3) is 0.350. The Morgan fingerprint density at radius 2 is 1.96 bits per heavy atom. The quantitative estimate of drug-likeness (QED) is 0.771. The van der Waals surface area contributed by atoms with E-state index >= 15 is 0 Å². The fourth-order valence-corrected chi connectivity index (χ4v) is 3.50. The zero-order chi connectivity index (χ0) is 18.0. The van der Waals surface area contributed by atoms with Crippen molar-refractivity contribution >= 4 is 34.6 Å². The molecule has 5 heteroatoms. The molecule has 4 nitrogen and oxygen atoms in total. The van der Waals surface area contributed by atoms with Crippen LogP contribution in [0.2, 0.25) is 5.02 Å².